The average molecular weight is 315 g/mol. The van der Waals surface area contributed by atoms with Crippen molar-refractivity contribution in [1.29, 1.82) is 0 Å². The minimum Gasteiger partial charge on any atom is -0.258 e. The number of hydrogen-bond donors (Lipinski definition) is 0. The van der Waals surface area contributed by atoms with Crippen LogP contribution >= 0.6 is 11.8 Å². The van der Waals surface area contributed by atoms with Crippen LogP contribution in [0.1, 0.15) is 17.0 Å². The van der Waals surface area contributed by atoms with Crippen LogP contribution < -0.4 is 0 Å². The van der Waals surface area contributed by atoms with Crippen LogP contribution in [0.15, 0.2) is 35.5 Å². The Balaban J connectivity index is 1.76. The van der Waals surface area contributed by atoms with E-state index in [1.807, 2.05) is 19.9 Å². The van der Waals surface area contributed by atoms with Gasteiger partial charge in [0.1, 0.15) is 0 Å². The van der Waals surface area contributed by atoms with Crippen molar-refractivity contribution in [2.45, 2.75) is 24.8 Å². The standard InChI is InChI=1S/C14H13N5O2S/c1-9-7-10(2)18-13(15-9)16-14(17-18)22-8-11-3-5-12(6-4-11)19(20)21/h3-7H,8H2,1-2H3. The molecule has 0 unspecified atom stereocenters. The fourth-order valence-corrected chi connectivity index (χ4v) is 2.84. The molecule has 3 aromatic rings. The summed E-state index contributed by atoms with van der Waals surface area (Å²) in [6, 6.07) is 8.44. The second kappa shape index (κ2) is 5.72. The Morgan fingerprint density at radius 1 is 1.23 bits per heavy atom. The summed E-state index contributed by atoms with van der Waals surface area (Å²) >= 11 is 1.48. The molecule has 8 heteroatoms. The molecule has 3 rings (SSSR count). The number of rotatable bonds is 4. The number of thioether (sulfide) groups is 1. The van der Waals surface area contributed by atoms with Gasteiger partial charge >= 0.3 is 0 Å². The summed E-state index contributed by atoms with van der Waals surface area (Å²) in [5.74, 6) is 1.23. The lowest BCUT2D eigenvalue weighted by Gasteiger charge is -1.98. The van der Waals surface area contributed by atoms with Crippen LogP contribution in [-0.2, 0) is 5.75 Å². The lowest BCUT2D eigenvalue weighted by atomic mass is 10.2. The van der Waals surface area contributed by atoms with Crippen molar-refractivity contribution in [3.05, 3.63) is 57.4 Å². The van der Waals surface area contributed by atoms with Crippen LogP contribution in [0.3, 0.4) is 0 Å². The number of non-ortho nitro benzene ring substituents is 1. The van der Waals surface area contributed by atoms with Gasteiger partial charge in [-0.3, -0.25) is 10.1 Å². The number of nitro benzene ring substituents is 1. The number of hydrogen-bond acceptors (Lipinski definition) is 6. The van der Waals surface area contributed by atoms with Crippen LogP contribution in [-0.4, -0.2) is 24.5 Å². The molecule has 0 aliphatic heterocycles. The zero-order valence-corrected chi connectivity index (χ0v) is 12.9. The zero-order chi connectivity index (χ0) is 15.7. The third-order valence-electron chi connectivity index (χ3n) is 3.11. The molecule has 0 saturated carbocycles. The highest BCUT2D eigenvalue weighted by molar-refractivity contribution is 7.98. The van der Waals surface area contributed by atoms with E-state index in [9.17, 15) is 10.1 Å². The molecule has 0 aliphatic carbocycles. The molecule has 0 spiro atoms. The Labute approximate surface area is 130 Å². The van der Waals surface area contributed by atoms with E-state index in [2.05, 4.69) is 15.1 Å². The number of nitrogens with zero attached hydrogens (tertiary/aromatic N) is 5. The number of aromatic nitrogens is 4. The molecule has 7 nitrogen and oxygen atoms in total. The van der Waals surface area contributed by atoms with Crippen molar-refractivity contribution in [3.63, 3.8) is 0 Å². The molecule has 0 bridgehead atoms. The van der Waals surface area contributed by atoms with E-state index in [-0.39, 0.29) is 5.69 Å². The van der Waals surface area contributed by atoms with E-state index < -0.39 is 4.92 Å². The smallest absolute Gasteiger partial charge is 0.258 e. The van der Waals surface area contributed by atoms with Crippen molar-refractivity contribution < 1.29 is 4.92 Å². The minimum atomic E-state index is -0.405. The predicted octanol–water partition coefficient (Wildman–Crippen LogP) is 2.94. The highest BCUT2D eigenvalue weighted by atomic mass is 32.2. The number of aryl methyl sites for hydroxylation is 2. The highest BCUT2D eigenvalue weighted by Crippen LogP contribution is 2.22. The Hall–Kier alpha value is -2.48. The van der Waals surface area contributed by atoms with Crippen molar-refractivity contribution >= 4 is 23.2 Å². The highest BCUT2D eigenvalue weighted by Gasteiger charge is 2.09. The first-order valence-corrected chi connectivity index (χ1v) is 7.58. The van der Waals surface area contributed by atoms with E-state index in [0.29, 0.717) is 16.7 Å². The molecule has 0 fully saturated rings. The fraction of sp³-hybridized carbons (Fsp3) is 0.214. The average Bonchev–Trinajstić information content (AvgIpc) is 2.89. The van der Waals surface area contributed by atoms with Gasteiger partial charge < -0.3 is 0 Å². The van der Waals surface area contributed by atoms with Crippen LogP contribution in [0.5, 0.6) is 0 Å². The lowest BCUT2D eigenvalue weighted by molar-refractivity contribution is -0.384. The van der Waals surface area contributed by atoms with Crippen LogP contribution in [0.25, 0.3) is 5.78 Å². The largest absolute Gasteiger partial charge is 0.269 e. The molecule has 0 aliphatic rings. The first-order valence-electron chi connectivity index (χ1n) is 6.60. The molecule has 0 atom stereocenters. The molecule has 2 aromatic heterocycles. The maximum Gasteiger partial charge on any atom is 0.269 e. The maximum absolute atomic E-state index is 10.6. The van der Waals surface area contributed by atoms with E-state index in [1.54, 1.807) is 16.6 Å². The van der Waals surface area contributed by atoms with Gasteiger partial charge in [0.2, 0.25) is 5.16 Å². The molecule has 2 heterocycles. The minimum absolute atomic E-state index is 0.0925. The lowest BCUT2D eigenvalue weighted by Crippen LogP contribution is -1.97. The quantitative estimate of drug-likeness (QED) is 0.418. The normalized spacial score (nSPS) is 11.0. The number of benzene rings is 1. The van der Waals surface area contributed by atoms with E-state index in [0.717, 1.165) is 17.0 Å². The Morgan fingerprint density at radius 2 is 1.95 bits per heavy atom. The molecule has 112 valence electrons. The van der Waals surface area contributed by atoms with E-state index in [4.69, 9.17) is 0 Å². The molecule has 0 saturated heterocycles. The number of nitro groups is 1. The van der Waals surface area contributed by atoms with Gasteiger partial charge in [0.25, 0.3) is 11.5 Å². The fourth-order valence-electron chi connectivity index (χ4n) is 2.07. The van der Waals surface area contributed by atoms with Crippen molar-refractivity contribution in [3.8, 4) is 0 Å². The SMILES string of the molecule is Cc1cc(C)n2nc(SCc3ccc([N+](=O)[O-])cc3)nc2n1. The van der Waals surface area contributed by atoms with Crippen LogP contribution in [0.4, 0.5) is 5.69 Å². The second-order valence-electron chi connectivity index (χ2n) is 4.86. The topological polar surface area (TPSA) is 86.2 Å². The van der Waals surface area contributed by atoms with E-state index >= 15 is 0 Å². The second-order valence-corrected chi connectivity index (χ2v) is 5.80. The van der Waals surface area contributed by atoms with Crippen LogP contribution in [0.2, 0.25) is 0 Å². The summed E-state index contributed by atoms with van der Waals surface area (Å²) in [5.41, 5.74) is 2.96. The molecule has 1 aromatic carbocycles. The predicted molar refractivity (Wildman–Crippen MR) is 82.9 cm³/mol. The summed E-state index contributed by atoms with van der Waals surface area (Å²) in [5, 5.41) is 15.7. The maximum atomic E-state index is 10.6. The first-order chi connectivity index (χ1) is 10.5. The summed E-state index contributed by atoms with van der Waals surface area (Å²) < 4.78 is 1.71. The van der Waals surface area contributed by atoms with Crippen molar-refractivity contribution in [2.24, 2.45) is 0 Å². The van der Waals surface area contributed by atoms with Crippen molar-refractivity contribution in [1.82, 2.24) is 19.6 Å². The first kappa shape index (κ1) is 14.5. The van der Waals surface area contributed by atoms with Gasteiger partial charge in [-0.05, 0) is 25.5 Å². The van der Waals surface area contributed by atoms with Gasteiger partial charge in [0.15, 0.2) is 0 Å². The third kappa shape index (κ3) is 2.91. The van der Waals surface area contributed by atoms with Gasteiger partial charge in [0, 0.05) is 29.3 Å². The van der Waals surface area contributed by atoms with Gasteiger partial charge in [-0.25, -0.2) is 9.50 Å². The van der Waals surface area contributed by atoms with Gasteiger partial charge in [-0.2, -0.15) is 4.98 Å². The Kier molecular flexibility index (Phi) is 3.76. The third-order valence-corrected chi connectivity index (χ3v) is 4.02. The Morgan fingerprint density at radius 3 is 2.64 bits per heavy atom. The summed E-state index contributed by atoms with van der Waals surface area (Å²) in [7, 11) is 0. The van der Waals surface area contributed by atoms with Gasteiger partial charge in [-0.15, -0.1) is 5.10 Å². The van der Waals surface area contributed by atoms with Gasteiger partial charge in [0.05, 0.1) is 4.92 Å². The Bertz CT molecular complexity index is 844. The van der Waals surface area contributed by atoms with Crippen LogP contribution in [0, 0.1) is 24.0 Å². The molecule has 0 amide bonds. The molecular formula is C14H13N5O2S. The van der Waals surface area contributed by atoms with Crippen molar-refractivity contribution in [2.75, 3.05) is 0 Å². The van der Waals surface area contributed by atoms with Gasteiger partial charge in [-0.1, -0.05) is 23.9 Å². The monoisotopic (exact) mass is 315 g/mol. The summed E-state index contributed by atoms with van der Waals surface area (Å²) in [4.78, 5) is 19.0. The van der Waals surface area contributed by atoms with E-state index in [1.165, 1.54) is 23.9 Å². The summed E-state index contributed by atoms with van der Waals surface area (Å²) in [6.07, 6.45) is 0. The summed E-state index contributed by atoms with van der Waals surface area (Å²) in [6.45, 7) is 3.88. The molecule has 0 N–H and O–H groups in total. The molecule has 22 heavy (non-hydrogen) atoms. The number of fused-ring (bicyclic) bond motifs is 1. The zero-order valence-electron chi connectivity index (χ0n) is 12.1. The molecular weight excluding hydrogens is 302 g/mol. The molecule has 0 radical (unpaired) electrons.